The van der Waals surface area contributed by atoms with Crippen LogP contribution in [0.4, 0.5) is 26.3 Å². The van der Waals surface area contributed by atoms with Gasteiger partial charge in [-0.3, -0.25) is 9.88 Å². The Morgan fingerprint density at radius 3 is 2.15 bits per heavy atom. The quantitative estimate of drug-likeness (QED) is 0.504. The molecule has 3 fully saturated rings. The summed E-state index contributed by atoms with van der Waals surface area (Å²) in [7, 11) is 0. The maximum absolute atomic E-state index is 10.6. The van der Waals surface area contributed by atoms with E-state index in [2.05, 4.69) is 41.3 Å². The number of pyridine rings is 1. The van der Waals surface area contributed by atoms with Gasteiger partial charge in [-0.15, -0.1) is 0 Å². The summed E-state index contributed by atoms with van der Waals surface area (Å²) in [5, 5.41) is 15.5. The minimum atomic E-state index is -5.08. The molecule has 2 heterocycles. The van der Waals surface area contributed by atoms with Crippen LogP contribution in [0, 0.1) is 5.92 Å². The number of nitrogens with zero attached hydrogens (tertiary/aromatic N) is 2. The molecule has 8 nitrogen and oxygen atoms in total. The summed E-state index contributed by atoms with van der Waals surface area (Å²) >= 11 is 0. The average molecular weight is 566 g/mol. The van der Waals surface area contributed by atoms with Crippen molar-refractivity contribution in [3.63, 3.8) is 0 Å². The average Bonchev–Trinajstić information content (AvgIpc) is 3.60. The van der Waals surface area contributed by atoms with Gasteiger partial charge >= 0.3 is 24.3 Å². The molecule has 216 valence electrons. The first-order valence-corrected chi connectivity index (χ1v) is 12.2. The monoisotopic (exact) mass is 566 g/mol. The summed E-state index contributed by atoms with van der Waals surface area (Å²) in [5.74, 6) is -4.69. The maximum Gasteiger partial charge on any atom is 0.490 e. The van der Waals surface area contributed by atoms with Crippen molar-refractivity contribution in [2.24, 2.45) is 5.92 Å². The van der Waals surface area contributed by atoms with Crippen molar-refractivity contribution in [1.82, 2.24) is 9.88 Å². The number of ether oxygens (including phenoxy) is 2. The minimum Gasteiger partial charge on any atom is -0.475 e. The second kappa shape index (κ2) is 12.9. The topological polar surface area (TPSA) is 109 Å². The number of hydrogen-bond donors (Lipinski definition) is 2. The molecule has 1 saturated heterocycles. The van der Waals surface area contributed by atoms with E-state index in [4.69, 9.17) is 34.3 Å². The van der Waals surface area contributed by atoms with Crippen LogP contribution < -0.4 is 0 Å². The molecule has 0 radical (unpaired) electrons. The van der Waals surface area contributed by atoms with E-state index in [0.717, 1.165) is 49.9 Å². The first-order valence-electron chi connectivity index (χ1n) is 12.2. The largest absolute Gasteiger partial charge is 0.490 e. The zero-order valence-corrected chi connectivity index (χ0v) is 20.6. The van der Waals surface area contributed by atoms with E-state index in [9.17, 15) is 26.3 Å². The number of fused-ring (bicyclic) bond motifs is 2. The first-order chi connectivity index (χ1) is 18.3. The summed E-state index contributed by atoms with van der Waals surface area (Å²) in [5.41, 5.74) is 2.24. The van der Waals surface area contributed by atoms with Gasteiger partial charge < -0.3 is 19.7 Å². The van der Waals surface area contributed by atoms with Crippen LogP contribution in [-0.4, -0.2) is 82.4 Å². The highest BCUT2D eigenvalue weighted by molar-refractivity contribution is 5.78. The van der Waals surface area contributed by atoms with E-state index in [0.29, 0.717) is 6.04 Å². The van der Waals surface area contributed by atoms with Gasteiger partial charge in [-0.25, -0.2) is 9.59 Å². The zero-order valence-electron chi connectivity index (χ0n) is 20.6. The van der Waals surface area contributed by atoms with Crippen molar-refractivity contribution in [3.8, 4) is 0 Å². The molecule has 2 N–H and O–H groups in total. The molecule has 1 aromatic carbocycles. The molecular formula is C25H28F6N2O6. The van der Waals surface area contributed by atoms with Gasteiger partial charge in [0.15, 0.2) is 0 Å². The maximum atomic E-state index is 10.6. The Labute approximate surface area is 219 Å². The number of benzene rings is 1. The second-order valence-electron chi connectivity index (χ2n) is 9.37. The highest BCUT2D eigenvalue weighted by Crippen LogP contribution is 2.35. The molecule has 0 amide bonds. The Bertz CT molecular complexity index is 1100. The zero-order chi connectivity index (χ0) is 28.8. The van der Waals surface area contributed by atoms with Gasteiger partial charge in [-0.1, -0.05) is 24.3 Å². The van der Waals surface area contributed by atoms with E-state index in [-0.39, 0.29) is 12.2 Å². The van der Waals surface area contributed by atoms with Crippen LogP contribution >= 0.6 is 0 Å². The van der Waals surface area contributed by atoms with E-state index in [1.54, 1.807) is 0 Å². The van der Waals surface area contributed by atoms with Crippen LogP contribution in [0.15, 0.2) is 36.4 Å². The minimum absolute atomic E-state index is 0.243. The second-order valence-corrected chi connectivity index (χ2v) is 9.37. The van der Waals surface area contributed by atoms with Crippen molar-refractivity contribution < 1.29 is 55.6 Å². The van der Waals surface area contributed by atoms with Gasteiger partial charge in [0.2, 0.25) is 0 Å². The number of aliphatic carboxylic acids is 2. The van der Waals surface area contributed by atoms with E-state index >= 15 is 0 Å². The molecule has 0 bridgehead atoms. The number of carboxylic acids is 2. The van der Waals surface area contributed by atoms with E-state index < -0.39 is 24.3 Å². The number of carboxylic acid groups (broad SMARTS) is 2. The standard InChI is InChI=1S/C21H26N2O2.2C2HF3O2/c1-2-4-18-16(3-1)7-8-17(22-18)13-23-11-12-24-21-19(23)9-10-20(21)25-14-15-5-6-15;2*3-2(4,5)1(6)7/h1-4,7-8,15,19-21H,5-6,9-14H2;2*(H,6,7)/t19-,20+,21+;;/m0../s1. The van der Waals surface area contributed by atoms with Crippen molar-refractivity contribution in [2.45, 2.75) is 62.8 Å². The number of para-hydroxylation sites is 1. The molecule has 1 aliphatic heterocycles. The smallest absolute Gasteiger partial charge is 0.475 e. The molecule has 2 aromatic rings. The fourth-order valence-corrected chi connectivity index (χ4v) is 4.32. The van der Waals surface area contributed by atoms with Gasteiger partial charge in [-0.05, 0) is 43.7 Å². The summed E-state index contributed by atoms with van der Waals surface area (Å²) < 4.78 is 75.8. The van der Waals surface area contributed by atoms with E-state index in [1.165, 1.54) is 24.6 Å². The molecule has 3 atom stereocenters. The summed E-state index contributed by atoms with van der Waals surface area (Å²) in [4.78, 5) is 25.2. The third-order valence-electron chi connectivity index (χ3n) is 6.40. The van der Waals surface area contributed by atoms with Crippen molar-refractivity contribution in [2.75, 3.05) is 19.8 Å². The fourth-order valence-electron chi connectivity index (χ4n) is 4.32. The summed E-state index contributed by atoms with van der Waals surface area (Å²) in [6.07, 6.45) is -4.63. The van der Waals surface area contributed by atoms with E-state index in [1.807, 2.05) is 0 Å². The van der Waals surface area contributed by atoms with Crippen LogP contribution in [0.5, 0.6) is 0 Å². The molecule has 39 heavy (non-hydrogen) atoms. The predicted molar refractivity (Wildman–Crippen MR) is 125 cm³/mol. The number of hydrogen-bond acceptors (Lipinski definition) is 6. The molecule has 3 aliphatic rings. The number of carbonyl (C=O) groups is 2. The molecule has 14 heteroatoms. The Kier molecular flexibility index (Phi) is 10.1. The number of alkyl halides is 6. The Morgan fingerprint density at radius 2 is 1.56 bits per heavy atom. The third kappa shape index (κ3) is 9.32. The van der Waals surface area contributed by atoms with Gasteiger partial charge in [0.05, 0.1) is 30.0 Å². The van der Waals surface area contributed by atoms with Crippen molar-refractivity contribution >= 4 is 22.8 Å². The molecule has 2 saturated carbocycles. The molecule has 1 aromatic heterocycles. The number of halogens is 6. The van der Waals surface area contributed by atoms with Crippen LogP contribution in [0.1, 0.15) is 31.4 Å². The Hall–Kier alpha value is -2.97. The Balaban J connectivity index is 0.000000251. The fraction of sp³-hybridized carbons (Fsp3) is 0.560. The van der Waals surface area contributed by atoms with Gasteiger partial charge in [-0.2, -0.15) is 26.3 Å². The number of morpholine rings is 1. The SMILES string of the molecule is O=C(O)C(F)(F)F.O=C(O)C(F)(F)F.c1ccc2nc(CN3CCO[C@H]4[C@H](OCC5CC5)CC[C@@H]43)ccc2c1. The van der Waals surface area contributed by atoms with Crippen LogP contribution in [-0.2, 0) is 25.6 Å². The van der Waals surface area contributed by atoms with Crippen molar-refractivity contribution in [1.29, 1.82) is 0 Å². The normalized spacial score (nSPS) is 23.2. The lowest BCUT2D eigenvalue weighted by atomic mass is 10.1. The van der Waals surface area contributed by atoms with Crippen molar-refractivity contribution in [3.05, 3.63) is 42.1 Å². The molecule has 0 spiro atoms. The number of rotatable bonds is 5. The van der Waals surface area contributed by atoms with Crippen LogP contribution in [0.3, 0.4) is 0 Å². The predicted octanol–water partition coefficient (Wildman–Crippen LogP) is 4.66. The highest BCUT2D eigenvalue weighted by Gasteiger charge is 2.44. The number of aromatic nitrogens is 1. The lowest BCUT2D eigenvalue weighted by Crippen LogP contribution is -2.51. The van der Waals surface area contributed by atoms with Crippen LogP contribution in [0.25, 0.3) is 10.9 Å². The van der Waals surface area contributed by atoms with Crippen LogP contribution in [0.2, 0.25) is 0 Å². The molecule has 5 rings (SSSR count). The van der Waals surface area contributed by atoms with Gasteiger partial charge in [0, 0.05) is 31.1 Å². The molecule has 0 unspecified atom stereocenters. The van der Waals surface area contributed by atoms with Gasteiger partial charge in [0.1, 0.15) is 0 Å². The highest BCUT2D eigenvalue weighted by atomic mass is 19.4. The van der Waals surface area contributed by atoms with Gasteiger partial charge in [0.25, 0.3) is 0 Å². The molecule has 2 aliphatic carbocycles. The molecular weight excluding hydrogens is 538 g/mol. The lowest BCUT2D eigenvalue weighted by molar-refractivity contribution is -0.193. The summed E-state index contributed by atoms with van der Waals surface area (Å²) in [6, 6.07) is 13.2. The first kappa shape index (κ1) is 30.6. The Morgan fingerprint density at radius 1 is 0.949 bits per heavy atom. The lowest BCUT2D eigenvalue weighted by Gasteiger charge is -2.39. The third-order valence-corrected chi connectivity index (χ3v) is 6.40. The summed E-state index contributed by atoms with van der Waals surface area (Å²) in [6.45, 7) is 3.64.